The Labute approximate surface area is 95.0 Å². The molecular formula is C11H18N4O. The van der Waals surface area contributed by atoms with Crippen molar-refractivity contribution in [1.82, 2.24) is 15.0 Å². The zero-order valence-electron chi connectivity index (χ0n) is 9.43. The fourth-order valence-corrected chi connectivity index (χ4v) is 2.25. The molecule has 5 nitrogen and oxygen atoms in total. The Kier molecular flexibility index (Phi) is 3.66. The predicted molar refractivity (Wildman–Crippen MR) is 60.0 cm³/mol. The zero-order valence-corrected chi connectivity index (χ0v) is 9.43. The van der Waals surface area contributed by atoms with E-state index >= 15 is 0 Å². The van der Waals surface area contributed by atoms with E-state index in [1.165, 1.54) is 25.7 Å². The fraction of sp³-hybridized carbons (Fsp3) is 0.727. The van der Waals surface area contributed by atoms with Crippen molar-refractivity contribution in [2.75, 3.05) is 6.54 Å². The summed E-state index contributed by atoms with van der Waals surface area (Å²) in [6.45, 7) is 1.13. The number of hydrogen-bond donors (Lipinski definition) is 1. The molecule has 88 valence electrons. The highest BCUT2D eigenvalue weighted by Gasteiger charge is 2.20. The summed E-state index contributed by atoms with van der Waals surface area (Å²) in [6.07, 6.45) is 7.21. The van der Waals surface area contributed by atoms with Crippen LogP contribution in [0.15, 0.2) is 6.20 Å². The van der Waals surface area contributed by atoms with Crippen molar-refractivity contribution in [3.05, 3.63) is 11.9 Å². The van der Waals surface area contributed by atoms with Crippen LogP contribution in [-0.2, 0) is 6.54 Å². The molecule has 0 radical (unpaired) electrons. The molecule has 1 aromatic heterocycles. The third-order valence-electron chi connectivity index (χ3n) is 3.13. The number of rotatable bonds is 5. The van der Waals surface area contributed by atoms with Gasteiger partial charge in [-0.05, 0) is 5.92 Å². The van der Waals surface area contributed by atoms with Gasteiger partial charge in [0.15, 0.2) is 5.78 Å². The van der Waals surface area contributed by atoms with Gasteiger partial charge >= 0.3 is 0 Å². The van der Waals surface area contributed by atoms with Gasteiger partial charge in [0.25, 0.3) is 0 Å². The Hall–Kier alpha value is -1.23. The summed E-state index contributed by atoms with van der Waals surface area (Å²) in [5.74, 6) is 0.683. The quantitative estimate of drug-likeness (QED) is 0.754. The number of Topliss-reactive ketones (excluding diaryl/α,β-unsaturated/α-hetero) is 1. The van der Waals surface area contributed by atoms with E-state index < -0.39 is 0 Å². The second-order valence-electron chi connectivity index (χ2n) is 4.43. The molecule has 0 saturated heterocycles. The van der Waals surface area contributed by atoms with Crippen molar-refractivity contribution in [2.45, 2.75) is 38.6 Å². The third-order valence-corrected chi connectivity index (χ3v) is 3.13. The van der Waals surface area contributed by atoms with Crippen LogP contribution in [0.25, 0.3) is 0 Å². The molecule has 1 heterocycles. The molecule has 0 unspecified atom stereocenters. The Balaban J connectivity index is 1.91. The molecule has 1 aromatic rings. The lowest BCUT2D eigenvalue weighted by Gasteiger charge is -2.04. The first-order valence-corrected chi connectivity index (χ1v) is 5.93. The second kappa shape index (κ2) is 5.21. The van der Waals surface area contributed by atoms with E-state index in [9.17, 15) is 4.79 Å². The van der Waals surface area contributed by atoms with Gasteiger partial charge in [0, 0.05) is 13.0 Å². The average molecular weight is 222 g/mol. The minimum absolute atomic E-state index is 0.121. The summed E-state index contributed by atoms with van der Waals surface area (Å²) < 4.78 is 1.63. The molecular weight excluding hydrogens is 204 g/mol. The first-order chi connectivity index (χ1) is 7.79. The van der Waals surface area contributed by atoms with Crippen LogP contribution in [0.4, 0.5) is 0 Å². The van der Waals surface area contributed by atoms with Gasteiger partial charge in [-0.2, -0.15) is 0 Å². The molecule has 1 fully saturated rings. The third kappa shape index (κ3) is 2.66. The molecule has 1 aliphatic carbocycles. The van der Waals surface area contributed by atoms with Gasteiger partial charge < -0.3 is 5.73 Å². The van der Waals surface area contributed by atoms with Gasteiger partial charge in [0.2, 0.25) is 0 Å². The van der Waals surface area contributed by atoms with E-state index in [2.05, 4.69) is 10.3 Å². The van der Waals surface area contributed by atoms with Crippen molar-refractivity contribution in [3.63, 3.8) is 0 Å². The number of hydrogen-bond acceptors (Lipinski definition) is 4. The van der Waals surface area contributed by atoms with Crippen molar-refractivity contribution in [2.24, 2.45) is 11.7 Å². The molecule has 2 rings (SSSR count). The Morgan fingerprint density at radius 3 is 2.94 bits per heavy atom. The van der Waals surface area contributed by atoms with E-state index in [0.29, 0.717) is 31.1 Å². The van der Waals surface area contributed by atoms with Crippen LogP contribution in [0.3, 0.4) is 0 Å². The largest absolute Gasteiger partial charge is 0.329 e. The van der Waals surface area contributed by atoms with E-state index in [4.69, 9.17) is 5.73 Å². The normalized spacial score (nSPS) is 16.8. The summed E-state index contributed by atoms with van der Waals surface area (Å²) in [7, 11) is 0. The van der Waals surface area contributed by atoms with Crippen molar-refractivity contribution < 1.29 is 4.79 Å². The van der Waals surface area contributed by atoms with Crippen LogP contribution >= 0.6 is 0 Å². The van der Waals surface area contributed by atoms with Gasteiger partial charge in [-0.15, -0.1) is 5.10 Å². The Morgan fingerprint density at radius 2 is 2.25 bits per heavy atom. The van der Waals surface area contributed by atoms with Crippen LogP contribution < -0.4 is 5.73 Å². The van der Waals surface area contributed by atoms with Crippen LogP contribution in [0, 0.1) is 5.92 Å². The minimum Gasteiger partial charge on any atom is -0.329 e. The molecule has 0 amide bonds. The first kappa shape index (κ1) is 11.3. The molecule has 16 heavy (non-hydrogen) atoms. The summed E-state index contributed by atoms with van der Waals surface area (Å²) in [5, 5.41) is 7.75. The highest BCUT2D eigenvalue weighted by Crippen LogP contribution is 2.28. The van der Waals surface area contributed by atoms with Gasteiger partial charge in [0.05, 0.1) is 12.7 Å². The lowest BCUT2D eigenvalue weighted by molar-refractivity contribution is 0.0957. The predicted octanol–water partition coefficient (Wildman–Crippen LogP) is 1.000. The minimum atomic E-state index is 0.121. The van der Waals surface area contributed by atoms with E-state index in [1.54, 1.807) is 10.9 Å². The van der Waals surface area contributed by atoms with E-state index in [0.717, 1.165) is 0 Å². The molecule has 1 saturated carbocycles. The summed E-state index contributed by atoms with van der Waals surface area (Å²) in [5.41, 5.74) is 5.89. The fourth-order valence-electron chi connectivity index (χ4n) is 2.25. The molecule has 0 aliphatic heterocycles. The summed E-state index contributed by atoms with van der Waals surface area (Å²) >= 11 is 0. The molecule has 0 bridgehead atoms. The lowest BCUT2D eigenvalue weighted by atomic mass is 10.00. The summed E-state index contributed by atoms with van der Waals surface area (Å²) in [6, 6.07) is 0. The monoisotopic (exact) mass is 222 g/mol. The highest BCUT2D eigenvalue weighted by molar-refractivity contribution is 5.93. The SMILES string of the molecule is NCCn1cc(C(=O)CC2CCCC2)nn1. The molecule has 0 atom stereocenters. The summed E-state index contributed by atoms with van der Waals surface area (Å²) in [4.78, 5) is 11.9. The average Bonchev–Trinajstić information content (AvgIpc) is 2.89. The number of ketones is 1. The topological polar surface area (TPSA) is 73.8 Å². The number of nitrogens with zero attached hydrogens (tertiary/aromatic N) is 3. The van der Waals surface area contributed by atoms with Gasteiger partial charge in [0.1, 0.15) is 5.69 Å². The maximum atomic E-state index is 11.9. The second-order valence-corrected chi connectivity index (χ2v) is 4.43. The lowest BCUT2D eigenvalue weighted by Crippen LogP contribution is -2.10. The maximum absolute atomic E-state index is 11.9. The number of nitrogens with two attached hydrogens (primary N) is 1. The molecule has 0 spiro atoms. The van der Waals surface area contributed by atoms with Crippen LogP contribution in [-0.4, -0.2) is 27.3 Å². The Morgan fingerprint density at radius 1 is 1.50 bits per heavy atom. The molecule has 5 heteroatoms. The molecule has 1 aliphatic rings. The Bertz CT molecular complexity index is 355. The standard InChI is InChI=1S/C11H18N4O/c12-5-6-15-8-10(13-14-15)11(16)7-9-3-1-2-4-9/h8-9H,1-7,12H2. The highest BCUT2D eigenvalue weighted by atomic mass is 16.1. The number of carbonyl (C=O) groups excluding carboxylic acids is 1. The van der Waals surface area contributed by atoms with Crippen LogP contribution in [0.1, 0.15) is 42.6 Å². The maximum Gasteiger partial charge on any atom is 0.184 e. The van der Waals surface area contributed by atoms with Crippen molar-refractivity contribution in [3.8, 4) is 0 Å². The van der Waals surface area contributed by atoms with Gasteiger partial charge in [-0.25, -0.2) is 0 Å². The zero-order chi connectivity index (χ0) is 11.4. The van der Waals surface area contributed by atoms with Crippen molar-refractivity contribution >= 4 is 5.78 Å². The van der Waals surface area contributed by atoms with E-state index in [-0.39, 0.29) is 5.78 Å². The van der Waals surface area contributed by atoms with Crippen LogP contribution in [0.5, 0.6) is 0 Å². The molecule has 0 aromatic carbocycles. The van der Waals surface area contributed by atoms with Crippen molar-refractivity contribution in [1.29, 1.82) is 0 Å². The van der Waals surface area contributed by atoms with Gasteiger partial charge in [-0.1, -0.05) is 30.9 Å². The smallest absolute Gasteiger partial charge is 0.184 e. The number of carbonyl (C=O) groups is 1. The van der Waals surface area contributed by atoms with Crippen LogP contribution in [0.2, 0.25) is 0 Å². The van der Waals surface area contributed by atoms with Gasteiger partial charge in [-0.3, -0.25) is 9.48 Å². The first-order valence-electron chi connectivity index (χ1n) is 5.93. The number of aromatic nitrogens is 3. The van der Waals surface area contributed by atoms with E-state index in [1.807, 2.05) is 0 Å². The molecule has 2 N–H and O–H groups in total.